The lowest BCUT2D eigenvalue weighted by atomic mass is 10.1. The molecule has 0 fully saturated rings. The van der Waals surface area contributed by atoms with Gasteiger partial charge in [0.05, 0.1) is 5.69 Å². The molecule has 0 spiro atoms. The number of nitrogens with two attached hydrogens (primary N) is 1. The van der Waals surface area contributed by atoms with Crippen molar-refractivity contribution in [2.45, 2.75) is 46.0 Å². The van der Waals surface area contributed by atoms with Crippen LogP contribution in [0.2, 0.25) is 0 Å². The average molecular weight is 300 g/mol. The van der Waals surface area contributed by atoms with Crippen LogP contribution in [0.4, 0.5) is 11.4 Å². The fourth-order valence-electron chi connectivity index (χ4n) is 2.08. The highest BCUT2D eigenvalue weighted by Crippen LogP contribution is 2.27. The summed E-state index contributed by atoms with van der Waals surface area (Å²) in [6.45, 7) is 4.32. The minimum atomic E-state index is -4.26. The number of unbranched alkanes of at least 4 members (excludes halogenated alkanes) is 2. The van der Waals surface area contributed by atoms with Crippen LogP contribution in [0.25, 0.3) is 0 Å². The van der Waals surface area contributed by atoms with E-state index in [1.54, 1.807) is 18.2 Å². The fraction of sp³-hybridized carbons (Fsp3) is 0.571. The summed E-state index contributed by atoms with van der Waals surface area (Å²) in [5.41, 5.74) is 7.77. The highest BCUT2D eigenvalue weighted by atomic mass is 32.2. The van der Waals surface area contributed by atoms with E-state index in [0.29, 0.717) is 17.8 Å². The Bertz CT molecular complexity index is 529. The van der Waals surface area contributed by atoms with Gasteiger partial charge in [0, 0.05) is 12.2 Å². The van der Waals surface area contributed by atoms with E-state index in [4.69, 9.17) is 5.73 Å². The van der Waals surface area contributed by atoms with E-state index < -0.39 is 10.3 Å². The summed E-state index contributed by atoms with van der Waals surface area (Å²) in [7, 11) is -4.26. The Morgan fingerprint density at radius 3 is 2.40 bits per heavy atom. The molecule has 0 unspecified atom stereocenters. The zero-order valence-corrected chi connectivity index (χ0v) is 13.0. The van der Waals surface area contributed by atoms with Gasteiger partial charge in [-0.15, -0.1) is 0 Å². The number of hydrogen-bond acceptors (Lipinski definition) is 3. The van der Waals surface area contributed by atoms with Crippen LogP contribution in [-0.4, -0.2) is 19.5 Å². The van der Waals surface area contributed by atoms with Crippen LogP contribution in [0.1, 0.15) is 45.1 Å². The first-order valence-corrected chi connectivity index (χ1v) is 8.43. The molecular formula is C14H24N2O3S. The second-order valence-electron chi connectivity index (χ2n) is 4.90. The smallest absolute Gasteiger partial charge is 0.359 e. The maximum absolute atomic E-state index is 11.6. The summed E-state index contributed by atoms with van der Waals surface area (Å²) in [5, 5.41) is 0. The van der Waals surface area contributed by atoms with Gasteiger partial charge < -0.3 is 5.73 Å². The first-order valence-electron chi connectivity index (χ1n) is 7.03. The van der Waals surface area contributed by atoms with E-state index in [2.05, 4.69) is 6.92 Å². The van der Waals surface area contributed by atoms with Gasteiger partial charge in [0.1, 0.15) is 0 Å². The molecule has 0 heterocycles. The largest absolute Gasteiger partial charge is 0.399 e. The Morgan fingerprint density at radius 2 is 1.85 bits per heavy atom. The molecule has 1 aromatic carbocycles. The standard InChI is InChI=1S/C14H24N2O3S/c1-3-5-7-12-11-13(15)8-9-14(12)16(10-6-4-2)20(17,18)19/h8-9,11H,3-7,10,15H2,1-2H3,(H,17,18,19). The summed E-state index contributed by atoms with van der Waals surface area (Å²) in [6, 6.07) is 5.12. The van der Waals surface area contributed by atoms with Crippen molar-refractivity contribution in [2.24, 2.45) is 0 Å². The van der Waals surface area contributed by atoms with E-state index in [9.17, 15) is 13.0 Å². The van der Waals surface area contributed by atoms with Crippen molar-refractivity contribution >= 4 is 21.7 Å². The van der Waals surface area contributed by atoms with Gasteiger partial charge in [-0.2, -0.15) is 8.42 Å². The molecule has 5 nitrogen and oxygen atoms in total. The van der Waals surface area contributed by atoms with Crippen molar-refractivity contribution in [3.63, 3.8) is 0 Å². The van der Waals surface area contributed by atoms with Gasteiger partial charge in [-0.3, -0.25) is 4.55 Å². The van der Waals surface area contributed by atoms with Gasteiger partial charge in [0.15, 0.2) is 0 Å². The molecule has 0 aliphatic rings. The summed E-state index contributed by atoms with van der Waals surface area (Å²) < 4.78 is 33.7. The zero-order chi connectivity index (χ0) is 15.2. The van der Waals surface area contributed by atoms with Crippen LogP contribution in [-0.2, 0) is 16.7 Å². The van der Waals surface area contributed by atoms with Gasteiger partial charge >= 0.3 is 10.3 Å². The van der Waals surface area contributed by atoms with E-state index in [1.807, 2.05) is 6.92 Å². The number of anilines is 2. The molecule has 6 heteroatoms. The molecule has 0 bridgehead atoms. The third-order valence-electron chi connectivity index (χ3n) is 3.17. The lowest BCUT2D eigenvalue weighted by molar-refractivity contribution is 0.476. The first kappa shape index (κ1) is 16.8. The molecular weight excluding hydrogens is 276 g/mol. The van der Waals surface area contributed by atoms with E-state index >= 15 is 0 Å². The molecule has 0 aliphatic heterocycles. The lowest BCUT2D eigenvalue weighted by Crippen LogP contribution is -2.32. The number of hydrogen-bond donors (Lipinski definition) is 2. The molecule has 0 amide bonds. The van der Waals surface area contributed by atoms with Crippen LogP contribution >= 0.6 is 0 Å². The quantitative estimate of drug-likeness (QED) is 0.571. The van der Waals surface area contributed by atoms with Gasteiger partial charge in [-0.05, 0) is 43.0 Å². The second kappa shape index (κ2) is 7.50. The Hall–Kier alpha value is -1.27. The molecule has 20 heavy (non-hydrogen) atoms. The molecule has 1 rings (SSSR count). The summed E-state index contributed by atoms with van der Waals surface area (Å²) in [4.78, 5) is 0. The summed E-state index contributed by atoms with van der Waals surface area (Å²) in [5.74, 6) is 0. The minimum absolute atomic E-state index is 0.276. The van der Waals surface area contributed by atoms with Gasteiger partial charge in [-0.1, -0.05) is 26.7 Å². The highest BCUT2D eigenvalue weighted by Gasteiger charge is 2.21. The van der Waals surface area contributed by atoms with Crippen LogP contribution in [0.3, 0.4) is 0 Å². The minimum Gasteiger partial charge on any atom is -0.399 e. The van der Waals surface area contributed by atoms with E-state index in [1.165, 1.54) is 0 Å². The van der Waals surface area contributed by atoms with Crippen molar-refractivity contribution in [3.8, 4) is 0 Å². The number of benzene rings is 1. The lowest BCUT2D eigenvalue weighted by Gasteiger charge is -2.23. The third kappa shape index (κ3) is 4.68. The number of aryl methyl sites for hydroxylation is 1. The maximum atomic E-state index is 11.6. The maximum Gasteiger partial charge on any atom is 0.359 e. The van der Waals surface area contributed by atoms with Crippen molar-refractivity contribution in [1.82, 2.24) is 0 Å². The normalized spacial score (nSPS) is 11.6. The molecule has 0 saturated carbocycles. The SMILES string of the molecule is CCCCc1cc(N)ccc1N(CCCC)S(=O)(=O)O. The third-order valence-corrected chi connectivity index (χ3v) is 4.10. The summed E-state index contributed by atoms with van der Waals surface area (Å²) in [6.07, 6.45) is 4.25. The molecule has 0 radical (unpaired) electrons. The first-order chi connectivity index (χ1) is 9.40. The average Bonchev–Trinajstić information content (AvgIpc) is 2.37. The molecule has 114 valence electrons. The number of nitrogens with zero attached hydrogens (tertiary/aromatic N) is 1. The molecule has 0 atom stereocenters. The number of nitrogen functional groups attached to an aromatic ring is 1. The predicted molar refractivity (Wildman–Crippen MR) is 83.3 cm³/mol. The van der Waals surface area contributed by atoms with Crippen LogP contribution in [0.5, 0.6) is 0 Å². The second-order valence-corrected chi connectivity index (χ2v) is 6.23. The Balaban J connectivity index is 3.17. The monoisotopic (exact) mass is 300 g/mol. The molecule has 0 aromatic heterocycles. The molecule has 1 aromatic rings. The van der Waals surface area contributed by atoms with Gasteiger partial charge in [-0.25, -0.2) is 4.31 Å². The van der Waals surface area contributed by atoms with Crippen LogP contribution in [0.15, 0.2) is 18.2 Å². The van der Waals surface area contributed by atoms with Crippen molar-refractivity contribution in [3.05, 3.63) is 23.8 Å². The Morgan fingerprint density at radius 1 is 1.20 bits per heavy atom. The van der Waals surface area contributed by atoms with E-state index in [0.717, 1.165) is 35.6 Å². The Kier molecular flexibility index (Phi) is 6.29. The molecule has 3 N–H and O–H groups in total. The van der Waals surface area contributed by atoms with E-state index in [-0.39, 0.29) is 6.54 Å². The molecule has 0 aliphatic carbocycles. The van der Waals surface area contributed by atoms with Gasteiger partial charge in [0.2, 0.25) is 0 Å². The van der Waals surface area contributed by atoms with Gasteiger partial charge in [0.25, 0.3) is 0 Å². The molecule has 0 saturated heterocycles. The number of rotatable bonds is 8. The van der Waals surface area contributed by atoms with Crippen molar-refractivity contribution in [1.29, 1.82) is 0 Å². The summed E-state index contributed by atoms with van der Waals surface area (Å²) >= 11 is 0. The Labute approximate surface area is 121 Å². The van der Waals surface area contributed by atoms with Crippen LogP contribution < -0.4 is 10.0 Å². The zero-order valence-electron chi connectivity index (χ0n) is 12.2. The van der Waals surface area contributed by atoms with Crippen LogP contribution in [0, 0.1) is 0 Å². The van der Waals surface area contributed by atoms with Crippen molar-refractivity contribution < 1.29 is 13.0 Å². The predicted octanol–water partition coefficient (Wildman–Crippen LogP) is 3.02. The highest BCUT2D eigenvalue weighted by molar-refractivity contribution is 7.87. The fourth-order valence-corrected chi connectivity index (χ4v) is 2.86. The van der Waals surface area contributed by atoms with Crippen molar-refractivity contribution in [2.75, 3.05) is 16.6 Å². The topological polar surface area (TPSA) is 83.6 Å².